The highest BCUT2D eigenvalue weighted by atomic mass is 16.5. The van der Waals surface area contributed by atoms with Gasteiger partial charge in [-0.25, -0.2) is 4.79 Å². The standard InChI is InChI=1S/C12H16O4/c1-4-15-11-8-9(12(13)16-5-2)6-7-10(11)14-3/h6-8H,4-5H2,1-3H3/i1D3,3D3,4D2. The van der Waals surface area contributed by atoms with Crippen molar-refractivity contribution in [2.45, 2.75) is 13.8 Å². The summed E-state index contributed by atoms with van der Waals surface area (Å²) in [6.45, 7) is -4.62. The zero-order valence-electron chi connectivity index (χ0n) is 16.6. The van der Waals surface area contributed by atoms with Crippen LogP contribution in [0.25, 0.3) is 0 Å². The van der Waals surface area contributed by atoms with Crippen LogP contribution in [-0.4, -0.2) is 26.2 Å². The smallest absolute Gasteiger partial charge is 0.338 e. The van der Waals surface area contributed by atoms with Crippen LogP contribution >= 0.6 is 0 Å². The zero-order chi connectivity index (χ0) is 18.8. The first kappa shape index (κ1) is 5.08. The molecule has 16 heavy (non-hydrogen) atoms. The summed E-state index contributed by atoms with van der Waals surface area (Å²) < 4.78 is 71.8. The normalized spacial score (nSPS) is 19.6. The molecule has 0 amide bonds. The molecule has 0 aromatic heterocycles. The molecule has 1 aromatic carbocycles. The monoisotopic (exact) mass is 232 g/mol. The van der Waals surface area contributed by atoms with Crippen molar-refractivity contribution in [1.29, 1.82) is 0 Å². The van der Waals surface area contributed by atoms with Crippen LogP contribution in [0.2, 0.25) is 0 Å². The molecule has 1 rings (SSSR count). The van der Waals surface area contributed by atoms with Gasteiger partial charge in [0.1, 0.15) is 0 Å². The molecule has 4 nitrogen and oxygen atoms in total. The number of esters is 1. The maximum atomic E-state index is 11.7. The van der Waals surface area contributed by atoms with Gasteiger partial charge in [-0.3, -0.25) is 0 Å². The van der Waals surface area contributed by atoms with Crippen LogP contribution in [0.4, 0.5) is 0 Å². The van der Waals surface area contributed by atoms with Crippen molar-refractivity contribution in [2.24, 2.45) is 0 Å². The van der Waals surface area contributed by atoms with Gasteiger partial charge in [0.15, 0.2) is 11.5 Å². The van der Waals surface area contributed by atoms with Crippen LogP contribution < -0.4 is 9.47 Å². The predicted octanol–water partition coefficient (Wildman–Crippen LogP) is 2.27. The number of rotatable bonds is 5. The number of ether oxygens (including phenoxy) is 3. The largest absolute Gasteiger partial charge is 0.493 e. The van der Waals surface area contributed by atoms with E-state index in [0.29, 0.717) is 0 Å². The van der Waals surface area contributed by atoms with Gasteiger partial charge >= 0.3 is 5.97 Å². The minimum atomic E-state index is -3.15. The third-order valence-corrected chi connectivity index (χ3v) is 1.73. The summed E-state index contributed by atoms with van der Waals surface area (Å²) in [6.07, 6.45) is 0. The van der Waals surface area contributed by atoms with Crippen molar-refractivity contribution in [3.63, 3.8) is 0 Å². The van der Waals surface area contributed by atoms with E-state index in [4.69, 9.17) is 20.4 Å². The Morgan fingerprint density at radius 3 is 3.06 bits per heavy atom. The summed E-state index contributed by atoms with van der Waals surface area (Å²) in [6, 6.07) is 3.21. The van der Waals surface area contributed by atoms with E-state index in [-0.39, 0.29) is 12.2 Å². The zero-order valence-corrected chi connectivity index (χ0v) is 8.57. The quantitative estimate of drug-likeness (QED) is 0.730. The van der Waals surface area contributed by atoms with Gasteiger partial charge < -0.3 is 14.2 Å². The Hall–Kier alpha value is -1.71. The highest BCUT2D eigenvalue weighted by Gasteiger charge is 2.11. The molecule has 1 aromatic rings. The third-order valence-electron chi connectivity index (χ3n) is 1.73. The van der Waals surface area contributed by atoms with Crippen molar-refractivity contribution in [1.82, 2.24) is 0 Å². The lowest BCUT2D eigenvalue weighted by Gasteiger charge is -2.10. The minimum absolute atomic E-state index is 0.0777. The number of benzene rings is 1. The molecule has 0 radical (unpaired) electrons. The minimum Gasteiger partial charge on any atom is -0.493 e. The van der Waals surface area contributed by atoms with E-state index < -0.39 is 37.9 Å². The van der Waals surface area contributed by atoms with Crippen molar-refractivity contribution >= 4 is 5.97 Å². The Kier molecular flexibility index (Phi) is 1.91. The first-order valence-electron chi connectivity index (χ1n) is 8.46. The summed E-state index contributed by atoms with van der Waals surface area (Å²) >= 11 is 0. The number of hydrogen-bond acceptors (Lipinski definition) is 4. The molecule has 0 saturated heterocycles. The summed E-state index contributed by atoms with van der Waals surface area (Å²) in [5.74, 6) is -1.74. The van der Waals surface area contributed by atoms with Crippen molar-refractivity contribution in [3.8, 4) is 11.5 Å². The second-order valence-corrected chi connectivity index (χ2v) is 2.69. The van der Waals surface area contributed by atoms with Gasteiger partial charge in [-0.2, -0.15) is 0 Å². The lowest BCUT2D eigenvalue weighted by Crippen LogP contribution is -2.05. The first-order chi connectivity index (χ1) is 10.8. The molecule has 0 unspecified atom stereocenters. The molecular formula is C12H16O4. The lowest BCUT2D eigenvalue weighted by molar-refractivity contribution is 0.0526. The summed E-state index contributed by atoms with van der Waals surface area (Å²) in [4.78, 5) is 11.7. The van der Waals surface area contributed by atoms with Crippen molar-refractivity contribution in [3.05, 3.63) is 23.8 Å². The van der Waals surface area contributed by atoms with Crippen LogP contribution in [0.15, 0.2) is 18.2 Å². The number of carbonyl (C=O) groups is 1. The highest BCUT2D eigenvalue weighted by Crippen LogP contribution is 2.28. The van der Waals surface area contributed by atoms with E-state index in [1.54, 1.807) is 6.92 Å². The van der Waals surface area contributed by atoms with Crippen molar-refractivity contribution < 1.29 is 30.0 Å². The van der Waals surface area contributed by atoms with Crippen LogP contribution in [0.1, 0.15) is 35.1 Å². The molecule has 0 aliphatic heterocycles. The third kappa shape index (κ3) is 2.89. The molecule has 0 N–H and O–H groups in total. The van der Waals surface area contributed by atoms with Crippen LogP contribution in [0, 0.1) is 0 Å². The molecular weight excluding hydrogens is 208 g/mol. The number of carbonyl (C=O) groups excluding carboxylic acids is 1. The fraction of sp³-hybridized carbons (Fsp3) is 0.417. The van der Waals surface area contributed by atoms with Crippen LogP contribution in [-0.2, 0) is 4.74 Å². The Balaban J connectivity index is 3.29. The van der Waals surface area contributed by atoms with Gasteiger partial charge in [0.25, 0.3) is 0 Å². The molecule has 4 heteroatoms. The molecule has 0 heterocycles. The van der Waals surface area contributed by atoms with Gasteiger partial charge in [0, 0.05) is 4.11 Å². The van der Waals surface area contributed by atoms with E-state index in [0.717, 1.165) is 12.1 Å². The highest BCUT2D eigenvalue weighted by molar-refractivity contribution is 5.90. The molecule has 0 bridgehead atoms. The topological polar surface area (TPSA) is 44.8 Å². The SMILES string of the molecule is [2H]C([2H])([2H])Oc1ccc(C(=O)OCC)cc1OC([2H])([2H])C([2H])([2H])[2H]. The van der Waals surface area contributed by atoms with E-state index in [2.05, 4.69) is 4.74 Å². The van der Waals surface area contributed by atoms with E-state index in [1.165, 1.54) is 6.07 Å². The van der Waals surface area contributed by atoms with Gasteiger partial charge in [0.05, 0.1) is 32.6 Å². The average molecular weight is 232 g/mol. The van der Waals surface area contributed by atoms with Gasteiger partial charge in [-0.05, 0) is 32.0 Å². The Morgan fingerprint density at radius 1 is 1.50 bits per heavy atom. The van der Waals surface area contributed by atoms with Crippen LogP contribution in [0.5, 0.6) is 11.5 Å². The van der Waals surface area contributed by atoms with Gasteiger partial charge in [0.2, 0.25) is 0 Å². The predicted molar refractivity (Wildman–Crippen MR) is 60.1 cm³/mol. The molecule has 0 aliphatic rings. The summed E-state index contributed by atoms with van der Waals surface area (Å²) in [7, 11) is -2.88. The number of methoxy groups -OCH3 is 1. The van der Waals surface area contributed by atoms with Gasteiger partial charge in [-0.15, -0.1) is 0 Å². The molecule has 88 valence electrons. The van der Waals surface area contributed by atoms with Crippen LogP contribution in [0.3, 0.4) is 0 Å². The second kappa shape index (κ2) is 6.00. The Labute approximate surface area is 106 Å². The first-order valence-corrected chi connectivity index (χ1v) is 4.46. The number of hydrogen-bond donors (Lipinski definition) is 0. The van der Waals surface area contributed by atoms with Crippen molar-refractivity contribution in [2.75, 3.05) is 20.2 Å². The summed E-state index contributed by atoms with van der Waals surface area (Å²) in [5, 5.41) is 0. The lowest BCUT2D eigenvalue weighted by atomic mass is 10.2. The maximum absolute atomic E-state index is 11.7. The molecule has 0 atom stereocenters. The summed E-state index contributed by atoms with van der Waals surface area (Å²) in [5.41, 5.74) is -0.0777. The van der Waals surface area contributed by atoms with E-state index in [9.17, 15) is 4.79 Å². The van der Waals surface area contributed by atoms with Gasteiger partial charge in [-0.1, -0.05) is 0 Å². The average Bonchev–Trinajstić information content (AvgIpc) is 2.37. The molecule has 0 spiro atoms. The maximum Gasteiger partial charge on any atom is 0.338 e. The Morgan fingerprint density at radius 2 is 2.38 bits per heavy atom. The molecule has 0 fully saturated rings. The van der Waals surface area contributed by atoms with E-state index in [1.807, 2.05) is 0 Å². The second-order valence-electron chi connectivity index (χ2n) is 2.69. The molecule has 0 saturated carbocycles. The fourth-order valence-corrected chi connectivity index (χ4v) is 1.07. The fourth-order valence-electron chi connectivity index (χ4n) is 1.07. The Bertz CT molecular complexity index is 594. The van der Waals surface area contributed by atoms with E-state index >= 15 is 0 Å². The molecule has 0 aliphatic carbocycles.